The van der Waals surface area contributed by atoms with Crippen LogP contribution in [0.5, 0.6) is 0 Å². The van der Waals surface area contributed by atoms with Crippen LogP contribution in [-0.4, -0.2) is 34.2 Å². The number of hydrogen-bond donors (Lipinski definition) is 0. The molecule has 0 radical (unpaired) electrons. The number of hydrogen-bond acceptors (Lipinski definition) is 5. The van der Waals surface area contributed by atoms with Crippen LogP contribution in [0.15, 0.2) is 0 Å². The Kier molecular flexibility index (Phi) is 5.02. The van der Waals surface area contributed by atoms with Crippen LogP contribution in [0.4, 0.5) is 0 Å². The highest BCUT2D eigenvalue weighted by Crippen LogP contribution is 2.32. The zero-order valence-corrected chi connectivity index (χ0v) is 17.0. The fourth-order valence-electron chi connectivity index (χ4n) is 2.69. The van der Waals surface area contributed by atoms with Crippen LogP contribution in [0.3, 0.4) is 0 Å². The molecule has 5 nitrogen and oxygen atoms in total. The normalized spacial score (nSPS) is 27.9. The molecule has 1 aliphatic rings. The van der Waals surface area contributed by atoms with Gasteiger partial charge in [-0.15, -0.1) is 0 Å². The molecule has 0 atom stereocenters. The summed E-state index contributed by atoms with van der Waals surface area (Å²) in [5.74, 6) is 0. The third kappa shape index (κ3) is 5.60. The van der Waals surface area contributed by atoms with E-state index in [1.807, 2.05) is 45.8 Å². The van der Waals surface area contributed by atoms with Crippen molar-refractivity contribution in [3.05, 3.63) is 0 Å². The van der Waals surface area contributed by atoms with Crippen LogP contribution in [0.2, 0.25) is 51.9 Å². The van der Waals surface area contributed by atoms with E-state index in [1.165, 1.54) is 0 Å². The van der Waals surface area contributed by atoms with Crippen molar-refractivity contribution >= 4 is 34.2 Å². The third-order valence-corrected chi connectivity index (χ3v) is 19.0. The maximum atomic E-state index is 8.81. The van der Waals surface area contributed by atoms with Gasteiger partial charge in [0, 0.05) is 12.5 Å². The summed E-state index contributed by atoms with van der Waals surface area (Å²) in [4.78, 5) is 0. The van der Waals surface area contributed by atoms with Gasteiger partial charge in [0.25, 0.3) is 0 Å². The maximum absolute atomic E-state index is 8.81. The number of rotatable bonds is 2. The lowest BCUT2D eigenvalue weighted by Gasteiger charge is -2.47. The van der Waals surface area contributed by atoms with Crippen molar-refractivity contribution in [1.82, 2.24) is 0 Å². The molecular weight excluding hydrogens is 310 g/mol. The van der Waals surface area contributed by atoms with Gasteiger partial charge in [-0.25, -0.2) is 0 Å². The predicted octanol–water partition coefficient (Wildman–Crippen LogP) is 3.16. The molecule has 0 bridgehead atoms. The van der Waals surface area contributed by atoms with Crippen LogP contribution >= 0.6 is 0 Å². The minimum atomic E-state index is -2.40. The zero-order chi connectivity index (χ0) is 14.9. The van der Waals surface area contributed by atoms with Gasteiger partial charge < -0.3 is 16.5 Å². The van der Waals surface area contributed by atoms with Crippen LogP contribution < -0.4 is 0 Å². The van der Waals surface area contributed by atoms with Crippen molar-refractivity contribution in [3.8, 4) is 6.07 Å². The van der Waals surface area contributed by atoms with Crippen molar-refractivity contribution in [1.29, 1.82) is 5.26 Å². The van der Waals surface area contributed by atoms with Crippen LogP contribution in [-0.2, 0) is 16.5 Å². The van der Waals surface area contributed by atoms with E-state index in [1.54, 1.807) is 0 Å². The van der Waals surface area contributed by atoms with Gasteiger partial charge in [-0.1, -0.05) is 0 Å². The Morgan fingerprint density at radius 1 is 0.737 bits per heavy atom. The van der Waals surface area contributed by atoms with Gasteiger partial charge in [-0.2, -0.15) is 5.26 Å². The van der Waals surface area contributed by atoms with E-state index >= 15 is 0 Å². The minimum Gasteiger partial charge on any atom is -0.416 e. The molecule has 0 aromatic heterocycles. The summed E-state index contributed by atoms with van der Waals surface area (Å²) in [5, 5.41) is 8.81. The summed E-state index contributed by atoms with van der Waals surface area (Å²) in [6.45, 7) is 14.3. The van der Waals surface area contributed by atoms with Gasteiger partial charge in [0.1, 0.15) is 0 Å². The second kappa shape index (κ2) is 5.53. The molecule has 19 heavy (non-hydrogen) atoms. The Morgan fingerprint density at radius 3 is 1.47 bits per heavy atom. The monoisotopic (exact) mass is 335 g/mol. The Bertz CT molecular complexity index is 358. The SMILES string of the molecule is C[Si]1(C)O[Si](C)(C)O[Si](C)(CCC#N)O[Si](C)(C)O1. The molecule has 0 spiro atoms. The molecule has 0 aromatic carbocycles. The summed E-state index contributed by atoms with van der Waals surface area (Å²) in [7, 11) is -9.15. The Hall–Kier alpha value is 0.198. The topological polar surface area (TPSA) is 60.7 Å². The molecule has 110 valence electrons. The second-order valence-corrected chi connectivity index (χ2v) is 20.8. The lowest BCUT2D eigenvalue weighted by molar-refractivity contribution is 0.234. The maximum Gasteiger partial charge on any atom is 0.318 e. The van der Waals surface area contributed by atoms with Crippen LogP contribution in [0.1, 0.15) is 6.42 Å². The van der Waals surface area contributed by atoms with Crippen LogP contribution in [0.25, 0.3) is 0 Å². The first kappa shape index (κ1) is 17.2. The van der Waals surface area contributed by atoms with Gasteiger partial charge in [-0.3, -0.25) is 0 Å². The highest BCUT2D eigenvalue weighted by atomic mass is 28.5. The average molecular weight is 336 g/mol. The lowest BCUT2D eigenvalue weighted by Crippen LogP contribution is -2.64. The standard InChI is InChI=1S/C10H25NO4Si4/c1-16(2)12-17(3,4)14-19(7,10-8-9-11)15-18(5,6)13-16/h8,10H2,1-7H3. The Morgan fingerprint density at radius 2 is 1.11 bits per heavy atom. The molecule has 1 rings (SSSR count). The predicted molar refractivity (Wildman–Crippen MR) is 83.4 cm³/mol. The lowest BCUT2D eigenvalue weighted by atomic mass is 10.6. The number of nitriles is 1. The molecule has 0 unspecified atom stereocenters. The molecule has 1 fully saturated rings. The van der Waals surface area contributed by atoms with E-state index in [0.717, 1.165) is 0 Å². The van der Waals surface area contributed by atoms with Gasteiger partial charge >= 0.3 is 34.2 Å². The van der Waals surface area contributed by atoms with Crippen molar-refractivity contribution in [2.45, 2.75) is 58.3 Å². The molecule has 0 saturated carbocycles. The summed E-state index contributed by atoms with van der Waals surface area (Å²) in [6.07, 6.45) is 0.457. The van der Waals surface area contributed by atoms with Crippen molar-refractivity contribution in [2.24, 2.45) is 0 Å². The zero-order valence-electron chi connectivity index (χ0n) is 13.0. The van der Waals surface area contributed by atoms with E-state index < -0.39 is 34.2 Å². The third-order valence-electron chi connectivity index (χ3n) is 2.60. The molecule has 9 heteroatoms. The van der Waals surface area contributed by atoms with Gasteiger partial charge in [0.05, 0.1) is 6.07 Å². The highest BCUT2D eigenvalue weighted by molar-refractivity contribution is 6.93. The summed E-state index contributed by atoms with van der Waals surface area (Å²) in [5.41, 5.74) is 0. The fraction of sp³-hybridized carbons (Fsp3) is 0.900. The van der Waals surface area contributed by atoms with Gasteiger partial charge in [0.2, 0.25) is 0 Å². The molecule has 1 saturated heterocycles. The van der Waals surface area contributed by atoms with E-state index in [9.17, 15) is 0 Å². The molecule has 1 heterocycles. The van der Waals surface area contributed by atoms with Crippen molar-refractivity contribution in [3.63, 3.8) is 0 Å². The van der Waals surface area contributed by atoms with E-state index in [0.29, 0.717) is 12.5 Å². The molecular formula is C10H25NO4Si4. The first-order valence-corrected chi connectivity index (χ1v) is 17.5. The molecule has 0 N–H and O–H groups in total. The Balaban J connectivity index is 3.01. The van der Waals surface area contributed by atoms with Crippen LogP contribution in [0, 0.1) is 11.3 Å². The largest absolute Gasteiger partial charge is 0.416 e. The highest BCUT2D eigenvalue weighted by Gasteiger charge is 2.52. The molecule has 0 amide bonds. The van der Waals surface area contributed by atoms with Gasteiger partial charge in [0.15, 0.2) is 0 Å². The summed E-state index contributed by atoms with van der Waals surface area (Å²) in [6, 6.07) is 2.85. The summed E-state index contributed by atoms with van der Waals surface area (Å²) >= 11 is 0. The summed E-state index contributed by atoms with van der Waals surface area (Å²) < 4.78 is 25.1. The van der Waals surface area contributed by atoms with E-state index in [2.05, 4.69) is 6.07 Å². The minimum absolute atomic E-state index is 0.457. The Labute approximate surface area is 120 Å². The molecule has 1 aliphatic heterocycles. The van der Waals surface area contributed by atoms with E-state index in [4.69, 9.17) is 21.7 Å². The van der Waals surface area contributed by atoms with Gasteiger partial charge in [-0.05, 0) is 45.8 Å². The number of nitrogens with zero attached hydrogens (tertiary/aromatic N) is 1. The second-order valence-electron chi connectivity index (χ2n) is 6.40. The first-order chi connectivity index (χ1) is 8.39. The average Bonchev–Trinajstić information content (AvgIpc) is 2.06. The fourth-order valence-corrected chi connectivity index (χ4v) is 24.0. The smallest absolute Gasteiger partial charge is 0.318 e. The quantitative estimate of drug-likeness (QED) is 0.725. The first-order valence-electron chi connectivity index (χ1n) is 6.56. The van der Waals surface area contributed by atoms with E-state index in [-0.39, 0.29) is 0 Å². The molecule has 0 aromatic rings. The molecule has 0 aliphatic carbocycles. The van der Waals surface area contributed by atoms with Crippen molar-refractivity contribution < 1.29 is 16.5 Å². The van der Waals surface area contributed by atoms with Crippen molar-refractivity contribution in [2.75, 3.05) is 0 Å².